The van der Waals surface area contributed by atoms with Crippen LogP contribution in [0.3, 0.4) is 0 Å². The highest BCUT2D eigenvalue weighted by atomic mass is 19.1. The van der Waals surface area contributed by atoms with E-state index in [-0.39, 0.29) is 17.8 Å². The number of likely N-dealkylation sites (tertiary alicyclic amines) is 1. The molecule has 1 amide bonds. The highest BCUT2D eigenvalue weighted by molar-refractivity contribution is 5.76. The molecule has 7 heteroatoms. The Labute approximate surface area is 189 Å². The third kappa shape index (κ3) is 4.99. The molecule has 0 aliphatic carbocycles. The van der Waals surface area contributed by atoms with E-state index in [9.17, 15) is 9.18 Å². The maximum atomic E-state index is 13.2. The maximum absolute atomic E-state index is 13.2. The number of methoxy groups -OCH3 is 2. The van der Waals surface area contributed by atoms with Gasteiger partial charge in [-0.25, -0.2) is 4.39 Å². The molecule has 2 aromatic carbocycles. The highest BCUT2D eigenvalue weighted by Gasteiger charge is 2.29. The number of carbonyl (C=O) groups excluding carboxylic acids is 1. The monoisotopic (exact) mass is 441 g/mol. The quantitative estimate of drug-likeness (QED) is 0.655. The summed E-state index contributed by atoms with van der Waals surface area (Å²) in [6.45, 7) is 4.68. The largest absolute Gasteiger partial charge is 0.497 e. The molecule has 32 heavy (non-hydrogen) atoms. The van der Waals surface area contributed by atoms with Crippen LogP contribution in [0.25, 0.3) is 0 Å². The molecule has 0 N–H and O–H groups in total. The Balaban J connectivity index is 1.30. The number of anilines is 1. The lowest BCUT2D eigenvalue weighted by Gasteiger charge is -2.36. The van der Waals surface area contributed by atoms with Gasteiger partial charge in [0, 0.05) is 62.5 Å². The molecule has 2 aliphatic heterocycles. The summed E-state index contributed by atoms with van der Waals surface area (Å²) in [6.07, 6.45) is 2.70. The molecular weight excluding hydrogens is 409 g/mol. The lowest BCUT2D eigenvalue weighted by molar-refractivity contribution is -0.131. The number of benzene rings is 2. The summed E-state index contributed by atoms with van der Waals surface area (Å²) >= 11 is 0. The van der Waals surface area contributed by atoms with E-state index in [2.05, 4.69) is 15.9 Å². The van der Waals surface area contributed by atoms with E-state index in [0.717, 1.165) is 61.8 Å². The van der Waals surface area contributed by atoms with Gasteiger partial charge < -0.3 is 19.3 Å². The third-order valence-electron chi connectivity index (χ3n) is 6.60. The lowest BCUT2D eigenvalue weighted by atomic mass is 10.0. The normalized spacial score (nSPS) is 19.3. The van der Waals surface area contributed by atoms with Crippen molar-refractivity contribution in [1.82, 2.24) is 9.80 Å². The first-order chi connectivity index (χ1) is 15.6. The topological polar surface area (TPSA) is 45.2 Å². The lowest BCUT2D eigenvalue weighted by Crippen LogP contribution is -2.49. The fraction of sp³-hybridized carbons (Fsp3) is 0.480. The highest BCUT2D eigenvalue weighted by Crippen LogP contribution is 2.38. The van der Waals surface area contributed by atoms with E-state index in [4.69, 9.17) is 9.47 Å². The van der Waals surface area contributed by atoms with Gasteiger partial charge in [-0.3, -0.25) is 9.69 Å². The van der Waals surface area contributed by atoms with E-state index in [0.29, 0.717) is 19.5 Å². The molecule has 0 radical (unpaired) electrons. The van der Waals surface area contributed by atoms with E-state index in [1.807, 2.05) is 17.0 Å². The zero-order valence-corrected chi connectivity index (χ0v) is 18.9. The predicted octanol–water partition coefficient (Wildman–Crippen LogP) is 3.72. The van der Waals surface area contributed by atoms with Gasteiger partial charge in [0.25, 0.3) is 0 Å². The summed E-state index contributed by atoms with van der Waals surface area (Å²) in [6, 6.07) is 12.8. The zero-order valence-electron chi connectivity index (χ0n) is 18.9. The van der Waals surface area contributed by atoms with Crippen molar-refractivity contribution in [2.45, 2.75) is 25.3 Å². The number of piperazine rings is 1. The second kappa shape index (κ2) is 10.2. The molecular formula is C25H32FN3O3. The van der Waals surface area contributed by atoms with Crippen molar-refractivity contribution in [1.29, 1.82) is 0 Å². The van der Waals surface area contributed by atoms with Gasteiger partial charge in [0.1, 0.15) is 17.3 Å². The van der Waals surface area contributed by atoms with E-state index in [1.165, 1.54) is 12.1 Å². The van der Waals surface area contributed by atoms with Gasteiger partial charge in [0.2, 0.25) is 5.91 Å². The molecule has 2 fully saturated rings. The fourth-order valence-corrected chi connectivity index (χ4v) is 4.80. The predicted molar refractivity (Wildman–Crippen MR) is 123 cm³/mol. The van der Waals surface area contributed by atoms with Crippen molar-refractivity contribution in [3.63, 3.8) is 0 Å². The Morgan fingerprint density at radius 3 is 2.44 bits per heavy atom. The number of amides is 1. The van der Waals surface area contributed by atoms with Crippen LogP contribution in [0.1, 0.15) is 30.9 Å². The van der Waals surface area contributed by atoms with Crippen LogP contribution in [0.2, 0.25) is 0 Å². The Morgan fingerprint density at radius 2 is 1.75 bits per heavy atom. The van der Waals surface area contributed by atoms with Crippen LogP contribution in [-0.2, 0) is 4.79 Å². The van der Waals surface area contributed by atoms with E-state index < -0.39 is 0 Å². The molecule has 2 aromatic rings. The van der Waals surface area contributed by atoms with Crippen LogP contribution in [-0.4, -0.2) is 69.2 Å². The summed E-state index contributed by atoms with van der Waals surface area (Å²) in [7, 11) is 3.34. The van der Waals surface area contributed by atoms with Crippen LogP contribution >= 0.6 is 0 Å². The minimum absolute atomic E-state index is 0.205. The number of rotatable bonds is 7. The van der Waals surface area contributed by atoms with Crippen LogP contribution in [0, 0.1) is 5.82 Å². The molecule has 0 aromatic heterocycles. The Kier molecular flexibility index (Phi) is 7.15. The minimum Gasteiger partial charge on any atom is -0.497 e. The summed E-state index contributed by atoms with van der Waals surface area (Å²) in [4.78, 5) is 19.4. The van der Waals surface area contributed by atoms with Gasteiger partial charge in [-0.1, -0.05) is 6.07 Å². The first kappa shape index (κ1) is 22.4. The molecule has 172 valence electrons. The molecule has 4 rings (SSSR count). The third-order valence-corrected chi connectivity index (χ3v) is 6.60. The van der Waals surface area contributed by atoms with Gasteiger partial charge in [0.05, 0.1) is 14.2 Å². The molecule has 0 bridgehead atoms. The summed E-state index contributed by atoms with van der Waals surface area (Å²) in [5.74, 6) is 1.60. The average molecular weight is 442 g/mol. The van der Waals surface area contributed by atoms with E-state index >= 15 is 0 Å². The number of hydrogen-bond donors (Lipinski definition) is 0. The summed E-state index contributed by atoms with van der Waals surface area (Å²) < 4.78 is 24.1. The van der Waals surface area contributed by atoms with Gasteiger partial charge in [-0.05, 0) is 49.7 Å². The number of nitrogens with zero attached hydrogens (tertiary/aromatic N) is 3. The number of halogens is 1. The molecule has 0 saturated carbocycles. The molecule has 0 spiro atoms. The average Bonchev–Trinajstić information content (AvgIpc) is 3.31. The van der Waals surface area contributed by atoms with Crippen LogP contribution in [0.4, 0.5) is 10.1 Å². The summed E-state index contributed by atoms with van der Waals surface area (Å²) in [5.41, 5.74) is 2.16. The number of ether oxygens (including phenoxy) is 2. The van der Waals surface area contributed by atoms with Crippen LogP contribution in [0.5, 0.6) is 11.5 Å². The van der Waals surface area contributed by atoms with Crippen LogP contribution < -0.4 is 14.4 Å². The second-order valence-corrected chi connectivity index (χ2v) is 8.40. The summed E-state index contributed by atoms with van der Waals surface area (Å²) in [5, 5.41) is 0. The molecule has 2 aliphatic rings. The van der Waals surface area contributed by atoms with Gasteiger partial charge >= 0.3 is 0 Å². The SMILES string of the molecule is COc1ccc([C@H]2CCCN2CCC(=O)N2CCN(c3ccc(F)cc3)CC2)c(OC)c1. The number of hydrogen-bond acceptors (Lipinski definition) is 5. The Bertz CT molecular complexity index is 913. The smallest absolute Gasteiger partial charge is 0.223 e. The minimum atomic E-state index is -0.227. The molecule has 6 nitrogen and oxygen atoms in total. The van der Waals surface area contributed by atoms with Gasteiger partial charge in [-0.15, -0.1) is 0 Å². The first-order valence-electron chi connectivity index (χ1n) is 11.3. The molecule has 2 saturated heterocycles. The standard InChI is InChI=1S/C25H32FN3O3/c1-31-21-9-10-22(24(18-21)32-2)23-4-3-12-28(23)13-11-25(30)29-16-14-27(15-17-29)20-7-5-19(26)6-8-20/h5-10,18,23H,3-4,11-17H2,1-2H3/t23-/m1/s1. The van der Waals surface area contributed by atoms with Gasteiger partial charge in [0.15, 0.2) is 0 Å². The molecule has 2 heterocycles. The van der Waals surface area contributed by atoms with Crippen molar-refractivity contribution in [3.8, 4) is 11.5 Å². The van der Waals surface area contributed by atoms with Crippen molar-refractivity contribution >= 4 is 11.6 Å². The van der Waals surface area contributed by atoms with Crippen molar-refractivity contribution < 1.29 is 18.7 Å². The molecule has 0 unspecified atom stereocenters. The van der Waals surface area contributed by atoms with Crippen molar-refractivity contribution in [3.05, 3.63) is 53.8 Å². The van der Waals surface area contributed by atoms with Crippen molar-refractivity contribution in [2.75, 3.05) is 58.4 Å². The zero-order chi connectivity index (χ0) is 22.5. The maximum Gasteiger partial charge on any atom is 0.223 e. The Hall–Kier alpha value is -2.80. The first-order valence-corrected chi connectivity index (χ1v) is 11.3. The second-order valence-electron chi connectivity index (χ2n) is 8.40. The molecule has 1 atom stereocenters. The van der Waals surface area contributed by atoms with Crippen LogP contribution in [0.15, 0.2) is 42.5 Å². The van der Waals surface area contributed by atoms with Crippen molar-refractivity contribution in [2.24, 2.45) is 0 Å². The fourth-order valence-electron chi connectivity index (χ4n) is 4.80. The Morgan fingerprint density at radius 1 is 1.00 bits per heavy atom. The van der Waals surface area contributed by atoms with E-state index in [1.54, 1.807) is 26.4 Å². The number of carbonyl (C=O) groups is 1. The van der Waals surface area contributed by atoms with Gasteiger partial charge in [-0.2, -0.15) is 0 Å².